The van der Waals surface area contributed by atoms with Gasteiger partial charge in [0.1, 0.15) is 11.6 Å². The van der Waals surface area contributed by atoms with Gasteiger partial charge in [-0.1, -0.05) is 43.3 Å². The molecule has 2 unspecified atom stereocenters. The van der Waals surface area contributed by atoms with Crippen molar-refractivity contribution in [2.24, 2.45) is 0 Å². The Morgan fingerprint density at radius 1 is 1.53 bits per heavy atom. The van der Waals surface area contributed by atoms with Crippen LogP contribution in [0.2, 0.25) is 0 Å². The fraction of sp³-hybridized carbons (Fsp3) is 0.500. The van der Waals surface area contributed by atoms with E-state index in [0.29, 0.717) is 13.0 Å². The van der Waals surface area contributed by atoms with Crippen LogP contribution in [0.25, 0.3) is 0 Å². The second kappa shape index (κ2) is 4.99. The number of ether oxygens (including phenoxy) is 1. The maximum atomic E-state index is 13.6. The average molecular weight is 226 g/mol. The molecular weight excluding hydrogens is 211 g/mol. The Morgan fingerprint density at radius 3 is 3.13 bits per heavy atom. The van der Waals surface area contributed by atoms with E-state index in [-0.39, 0.29) is 5.44 Å². The predicted molar refractivity (Wildman–Crippen MR) is 60.7 cm³/mol. The van der Waals surface area contributed by atoms with Crippen molar-refractivity contribution in [2.75, 3.05) is 0 Å². The summed E-state index contributed by atoms with van der Waals surface area (Å²) in [6.07, 6.45) is 0.594. The molecule has 3 heteroatoms. The summed E-state index contributed by atoms with van der Waals surface area (Å²) >= 11 is 1.51. The summed E-state index contributed by atoms with van der Waals surface area (Å²) < 4.78 is 19.1. The zero-order valence-electron chi connectivity index (χ0n) is 8.78. The lowest BCUT2D eigenvalue weighted by atomic mass is 10.2. The van der Waals surface area contributed by atoms with E-state index < -0.39 is 6.17 Å². The first kappa shape index (κ1) is 11.0. The van der Waals surface area contributed by atoms with Crippen LogP contribution in [0.3, 0.4) is 0 Å². The molecule has 1 nitrogen and oxygen atoms in total. The minimum Gasteiger partial charge on any atom is -0.359 e. The minimum atomic E-state index is -0.853. The third-order valence-electron chi connectivity index (χ3n) is 2.48. The molecule has 0 N–H and O–H groups in total. The summed E-state index contributed by atoms with van der Waals surface area (Å²) in [4.78, 5) is 1.16. The van der Waals surface area contributed by atoms with Crippen molar-refractivity contribution in [3.63, 3.8) is 0 Å². The molecule has 0 amide bonds. The zero-order valence-corrected chi connectivity index (χ0v) is 9.60. The van der Waals surface area contributed by atoms with Crippen molar-refractivity contribution in [1.82, 2.24) is 0 Å². The van der Waals surface area contributed by atoms with E-state index >= 15 is 0 Å². The van der Waals surface area contributed by atoms with Crippen molar-refractivity contribution in [3.8, 4) is 0 Å². The zero-order chi connectivity index (χ0) is 10.7. The maximum absolute atomic E-state index is 13.6. The van der Waals surface area contributed by atoms with Gasteiger partial charge in [0, 0.05) is 4.90 Å². The first-order valence-electron chi connectivity index (χ1n) is 5.31. The maximum Gasteiger partial charge on any atom is 0.139 e. The number of rotatable bonds is 3. The van der Waals surface area contributed by atoms with Gasteiger partial charge in [-0.25, -0.2) is 4.39 Å². The highest BCUT2D eigenvalue weighted by molar-refractivity contribution is 8.00. The van der Waals surface area contributed by atoms with Crippen LogP contribution in [0.5, 0.6) is 0 Å². The van der Waals surface area contributed by atoms with Crippen LogP contribution >= 0.6 is 11.8 Å². The standard InChI is InChI=1S/C12H15FOS/c1-2-5-10(13)12-14-8-9-6-3-4-7-11(9)15-12/h3-4,6-7,10,12H,2,5,8H2,1H3. The molecule has 0 radical (unpaired) electrons. The Balaban J connectivity index is 2.05. The van der Waals surface area contributed by atoms with Gasteiger partial charge < -0.3 is 4.74 Å². The second-order valence-corrected chi connectivity index (χ2v) is 4.85. The highest BCUT2D eigenvalue weighted by Gasteiger charge is 2.26. The monoisotopic (exact) mass is 226 g/mol. The van der Waals surface area contributed by atoms with Gasteiger partial charge in [-0.15, -0.1) is 0 Å². The molecule has 0 saturated heterocycles. The van der Waals surface area contributed by atoms with E-state index in [4.69, 9.17) is 4.74 Å². The summed E-state index contributed by atoms with van der Waals surface area (Å²) in [6, 6.07) is 8.04. The van der Waals surface area contributed by atoms with Crippen molar-refractivity contribution < 1.29 is 9.13 Å². The van der Waals surface area contributed by atoms with E-state index in [1.165, 1.54) is 17.3 Å². The fourth-order valence-corrected chi connectivity index (χ4v) is 2.76. The molecular formula is C12H15FOS. The summed E-state index contributed by atoms with van der Waals surface area (Å²) in [5.41, 5.74) is 0.849. The van der Waals surface area contributed by atoms with Crippen molar-refractivity contribution in [1.29, 1.82) is 0 Å². The fourth-order valence-electron chi connectivity index (χ4n) is 1.66. The number of hydrogen-bond donors (Lipinski definition) is 0. The van der Waals surface area contributed by atoms with Gasteiger partial charge in [0.15, 0.2) is 0 Å². The van der Waals surface area contributed by atoms with Gasteiger partial charge in [0.2, 0.25) is 0 Å². The Kier molecular flexibility index (Phi) is 3.65. The van der Waals surface area contributed by atoms with E-state index in [0.717, 1.165) is 11.3 Å². The lowest BCUT2D eigenvalue weighted by Crippen LogP contribution is -2.25. The molecule has 0 saturated carbocycles. The van der Waals surface area contributed by atoms with Crippen molar-refractivity contribution in [3.05, 3.63) is 29.8 Å². The van der Waals surface area contributed by atoms with Crippen LogP contribution in [0.1, 0.15) is 25.3 Å². The topological polar surface area (TPSA) is 9.23 Å². The predicted octanol–water partition coefficient (Wildman–Crippen LogP) is 3.77. The molecule has 1 aromatic rings. The molecule has 2 atom stereocenters. The molecule has 0 aliphatic carbocycles. The SMILES string of the molecule is CCCC(F)C1OCc2ccccc2S1. The van der Waals surface area contributed by atoms with E-state index in [1.807, 2.05) is 31.2 Å². The van der Waals surface area contributed by atoms with Crippen LogP contribution in [0, 0.1) is 0 Å². The van der Waals surface area contributed by atoms with Crippen LogP contribution in [0.4, 0.5) is 4.39 Å². The van der Waals surface area contributed by atoms with Gasteiger partial charge in [0.25, 0.3) is 0 Å². The first-order chi connectivity index (χ1) is 7.31. The number of hydrogen-bond acceptors (Lipinski definition) is 2. The van der Waals surface area contributed by atoms with Crippen LogP contribution in [-0.4, -0.2) is 11.6 Å². The van der Waals surface area contributed by atoms with Gasteiger partial charge in [-0.05, 0) is 18.1 Å². The molecule has 82 valence electrons. The highest BCUT2D eigenvalue weighted by Crippen LogP contribution is 2.36. The van der Waals surface area contributed by atoms with Crippen LogP contribution in [-0.2, 0) is 11.3 Å². The lowest BCUT2D eigenvalue weighted by Gasteiger charge is -2.26. The molecule has 1 aliphatic heterocycles. The van der Waals surface area contributed by atoms with Crippen LogP contribution < -0.4 is 0 Å². The normalized spacial score (nSPS) is 22.1. The van der Waals surface area contributed by atoms with E-state index in [2.05, 4.69) is 0 Å². The van der Waals surface area contributed by atoms with Gasteiger partial charge in [0.05, 0.1) is 6.61 Å². The quantitative estimate of drug-likeness (QED) is 0.775. The number of thioether (sulfide) groups is 1. The Labute approximate surface area is 94.0 Å². The molecule has 1 aromatic carbocycles. The Bertz CT molecular complexity index is 329. The second-order valence-electron chi connectivity index (χ2n) is 3.71. The largest absolute Gasteiger partial charge is 0.359 e. The molecule has 0 fully saturated rings. The van der Waals surface area contributed by atoms with Gasteiger partial charge in [-0.3, -0.25) is 0 Å². The third kappa shape index (κ3) is 2.52. The Morgan fingerprint density at radius 2 is 2.33 bits per heavy atom. The first-order valence-corrected chi connectivity index (χ1v) is 6.19. The molecule has 0 spiro atoms. The van der Waals surface area contributed by atoms with Crippen LogP contribution in [0.15, 0.2) is 29.2 Å². The number of halogens is 1. The summed E-state index contributed by atoms with van der Waals surface area (Å²) in [5.74, 6) is 0. The van der Waals surface area contributed by atoms with Gasteiger partial charge in [-0.2, -0.15) is 0 Å². The summed E-state index contributed by atoms with van der Waals surface area (Å²) in [5, 5.41) is 0. The number of benzene rings is 1. The molecule has 15 heavy (non-hydrogen) atoms. The van der Waals surface area contributed by atoms with Crippen molar-refractivity contribution in [2.45, 2.75) is 42.9 Å². The van der Waals surface area contributed by atoms with E-state index in [1.54, 1.807) is 0 Å². The molecule has 1 heterocycles. The smallest absolute Gasteiger partial charge is 0.139 e. The van der Waals surface area contributed by atoms with Crippen molar-refractivity contribution >= 4 is 11.8 Å². The molecule has 0 aromatic heterocycles. The molecule has 1 aliphatic rings. The highest BCUT2D eigenvalue weighted by atomic mass is 32.2. The minimum absolute atomic E-state index is 0.320. The number of fused-ring (bicyclic) bond motifs is 1. The number of alkyl halides is 1. The average Bonchev–Trinajstić information content (AvgIpc) is 2.29. The molecule has 0 bridgehead atoms. The third-order valence-corrected chi connectivity index (χ3v) is 3.79. The van der Waals surface area contributed by atoms with Gasteiger partial charge >= 0.3 is 0 Å². The molecule has 2 rings (SSSR count). The lowest BCUT2D eigenvalue weighted by molar-refractivity contribution is 0.0362. The summed E-state index contributed by atoms with van der Waals surface area (Å²) in [7, 11) is 0. The Hall–Kier alpha value is -0.540. The summed E-state index contributed by atoms with van der Waals surface area (Å²) in [6.45, 7) is 2.53. The van der Waals surface area contributed by atoms with E-state index in [9.17, 15) is 4.39 Å².